The highest BCUT2D eigenvalue weighted by atomic mass is 35.5. The summed E-state index contributed by atoms with van der Waals surface area (Å²) in [4.78, 5) is 10.8. The number of carbonyl (C=O) groups is 1. The van der Waals surface area contributed by atoms with E-state index in [4.69, 9.17) is 26.6 Å². The van der Waals surface area contributed by atoms with Crippen molar-refractivity contribution in [3.63, 3.8) is 0 Å². The molecule has 0 atom stereocenters. The van der Waals surface area contributed by atoms with Crippen LogP contribution in [0, 0.1) is 0 Å². The largest absolute Gasteiger partial charge is 0.478 e. The summed E-state index contributed by atoms with van der Waals surface area (Å²) < 4.78 is 5.59. The molecule has 5 heteroatoms. The molecule has 104 valence electrons. The molecule has 0 spiro atoms. The molecule has 0 saturated heterocycles. The van der Waals surface area contributed by atoms with E-state index in [-0.39, 0.29) is 17.2 Å². The van der Waals surface area contributed by atoms with Crippen LogP contribution < -0.4 is 4.74 Å². The van der Waals surface area contributed by atoms with Gasteiger partial charge in [0, 0.05) is 6.61 Å². The maximum Gasteiger partial charge on any atom is 0.335 e. The van der Waals surface area contributed by atoms with Crippen molar-refractivity contribution in [2.75, 3.05) is 6.61 Å². The maximum absolute atomic E-state index is 10.8. The normalized spacial score (nSPS) is 10.3. The second-order valence-corrected chi connectivity index (χ2v) is 4.58. The Bertz CT molecular complexity index is 608. The van der Waals surface area contributed by atoms with E-state index in [1.54, 1.807) is 12.1 Å². The number of benzene rings is 2. The highest BCUT2D eigenvalue weighted by molar-refractivity contribution is 6.32. The monoisotopic (exact) mass is 292 g/mol. The van der Waals surface area contributed by atoms with Crippen molar-refractivity contribution in [3.8, 4) is 11.5 Å². The first-order valence-corrected chi connectivity index (χ1v) is 6.38. The molecule has 2 rings (SSSR count). The molecule has 0 aliphatic rings. The van der Waals surface area contributed by atoms with Gasteiger partial charge in [0.2, 0.25) is 0 Å². The summed E-state index contributed by atoms with van der Waals surface area (Å²) in [6, 6.07) is 11.5. The molecule has 0 saturated carbocycles. The lowest BCUT2D eigenvalue weighted by molar-refractivity contribution is 0.0697. The molecule has 0 unspecified atom stereocenters. The van der Waals surface area contributed by atoms with Crippen molar-refractivity contribution in [2.45, 2.75) is 6.42 Å². The molecule has 2 aromatic carbocycles. The molecule has 0 radical (unpaired) electrons. The summed E-state index contributed by atoms with van der Waals surface area (Å²) >= 11 is 5.98. The smallest absolute Gasteiger partial charge is 0.335 e. The molecule has 0 fully saturated rings. The van der Waals surface area contributed by atoms with E-state index >= 15 is 0 Å². The van der Waals surface area contributed by atoms with Crippen LogP contribution in [-0.4, -0.2) is 22.8 Å². The lowest BCUT2D eigenvalue weighted by Gasteiger charge is -2.08. The van der Waals surface area contributed by atoms with Crippen LogP contribution in [0.3, 0.4) is 0 Å². The number of aliphatic hydroxyl groups is 1. The van der Waals surface area contributed by atoms with Crippen LogP contribution in [0.4, 0.5) is 0 Å². The summed E-state index contributed by atoms with van der Waals surface area (Å²) in [5.74, 6) is -0.0463. The topological polar surface area (TPSA) is 66.8 Å². The lowest BCUT2D eigenvalue weighted by Crippen LogP contribution is -1.96. The zero-order valence-corrected chi connectivity index (χ0v) is 11.3. The van der Waals surface area contributed by atoms with Gasteiger partial charge in [0.15, 0.2) is 0 Å². The van der Waals surface area contributed by atoms with Crippen LogP contribution in [0.1, 0.15) is 15.9 Å². The molecule has 2 aromatic rings. The average molecular weight is 293 g/mol. The van der Waals surface area contributed by atoms with Crippen molar-refractivity contribution < 1.29 is 19.7 Å². The van der Waals surface area contributed by atoms with Gasteiger partial charge in [0.05, 0.1) is 10.6 Å². The lowest BCUT2D eigenvalue weighted by atomic mass is 10.1. The number of rotatable bonds is 5. The molecule has 0 aromatic heterocycles. The fraction of sp³-hybridized carbons (Fsp3) is 0.133. The van der Waals surface area contributed by atoms with Gasteiger partial charge in [-0.1, -0.05) is 23.7 Å². The van der Waals surface area contributed by atoms with Gasteiger partial charge in [-0.2, -0.15) is 0 Å². The SMILES string of the molecule is O=C(O)c1ccc(Oc2ccc(CCO)cc2)c(Cl)c1. The quantitative estimate of drug-likeness (QED) is 0.887. The Morgan fingerprint density at radius 1 is 1.15 bits per heavy atom. The van der Waals surface area contributed by atoms with Crippen LogP contribution >= 0.6 is 11.6 Å². The van der Waals surface area contributed by atoms with Gasteiger partial charge in [0.25, 0.3) is 0 Å². The number of carboxylic acid groups (broad SMARTS) is 1. The minimum Gasteiger partial charge on any atom is -0.478 e. The summed E-state index contributed by atoms with van der Waals surface area (Å²) in [5.41, 5.74) is 1.12. The van der Waals surface area contributed by atoms with Crippen molar-refractivity contribution in [2.24, 2.45) is 0 Å². The minimum absolute atomic E-state index is 0.0999. The summed E-state index contributed by atoms with van der Waals surface area (Å²) in [6.45, 7) is 0.0999. The predicted octanol–water partition coefficient (Wildman–Crippen LogP) is 3.37. The fourth-order valence-corrected chi connectivity index (χ4v) is 1.92. The Morgan fingerprint density at radius 2 is 1.85 bits per heavy atom. The van der Waals surface area contributed by atoms with Gasteiger partial charge in [-0.25, -0.2) is 4.79 Å². The highest BCUT2D eigenvalue weighted by Gasteiger charge is 2.08. The van der Waals surface area contributed by atoms with Gasteiger partial charge >= 0.3 is 5.97 Å². The average Bonchev–Trinajstić information content (AvgIpc) is 2.43. The Labute approximate surface area is 121 Å². The molecule has 0 heterocycles. The van der Waals surface area contributed by atoms with Gasteiger partial charge in [-0.3, -0.25) is 0 Å². The molecular weight excluding hydrogens is 280 g/mol. The number of hydrogen-bond acceptors (Lipinski definition) is 3. The standard InChI is InChI=1S/C15H13ClO4/c16-13-9-11(15(18)19)3-6-14(13)20-12-4-1-10(2-5-12)7-8-17/h1-6,9,17H,7-8H2,(H,18,19). The second kappa shape index (κ2) is 6.41. The Morgan fingerprint density at radius 3 is 2.40 bits per heavy atom. The third-order valence-corrected chi connectivity index (χ3v) is 3.03. The second-order valence-electron chi connectivity index (χ2n) is 4.17. The minimum atomic E-state index is -1.04. The molecule has 0 aliphatic carbocycles. The van der Waals surface area contributed by atoms with Gasteiger partial charge in [-0.05, 0) is 42.3 Å². The molecule has 2 N–H and O–H groups in total. The first-order valence-electron chi connectivity index (χ1n) is 6.00. The highest BCUT2D eigenvalue weighted by Crippen LogP contribution is 2.30. The molecule has 0 bridgehead atoms. The van der Waals surface area contributed by atoms with E-state index < -0.39 is 5.97 Å². The zero-order chi connectivity index (χ0) is 14.5. The van der Waals surface area contributed by atoms with Crippen LogP contribution in [0.5, 0.6) is 11.5 Å². The number of hydrogen-bond donors (Lipinski definition) is 2. The predicted molar refractivity (Wildman–Crippen MR) is 75.7 cm³/mol. The molecule has 20 heavy (non-hydrogen) atoms. The third-order valence-electron chi connectivity index (χ3n) is 2.73. The number of halogens is 1. The van der Waals surface area contributed by atoms with E-state index in [2.05, 4.69) is 0 Å². The first kappa shape index (κ1) is 14.4. The summed E-state index contributed by atoms with van der Waals surface area (Å²) in [7, 11) is 0. The van der Waals surface area contributed by atoms with Gasteiger partial charge < -0.3 is 14.9 Å². The van der Waals surface area contributed by atoms with Gasteiger partial charge in [-0.15, -0.1) is 0 Å². The molecular formula is C15H13ClO4. The number of aliphatic hydroxyl groups excluding tert-OH is 1. The van der Waals surface area contributed by atoms with Crippen LogP contribution in [0.15, 0.2) is 42.5 Å². The van der Waals surface area contributed by atoms with Crippen molar-refractivity contribution >= 4 is 17.6 Å². The number of ether oxygens (including phenoxy) is 1. The fourth-order valence-electron chi connectivity index (χ4n) is 1.70. The van der Waals surface area contributed by atoms with E-state index in [0.29, 0.717) is 17.9 Å². The van der Waals surface area contributed by atoms with Crippen molar-refractivity contribution in [1.29, 1.82) is 0 Å². The third kappa shape index (κ3) is 3.50. The van der Waals surface area contributed by atoms with Crippen LogP contribution in [-0.2, 0) is 6.42 Å². The van der Waals surface area contributed by atoms with E-state index in [1.165, 1.54) is 18.2 Å². The van der Waals surface area contributed by atoms with E-state index in [9.17, 15) is 4.79 Å². The van der Waals surface area contributed by atoms with E-state index in [1.807, 2.05) is 12.1 Å². The molecule has 0 amide bonds. The maximum atomic E-state index is 10.8. The van der Waals surface area contributed by atoms with Crippen LogP contribution in [0.2, 0.25) is 5.02 Å². The van der Waals surface area contributed by atoms with Crippen molar-refractivity contribution in [3.05, 3.63) is 58.6 Å². The Balaban J connectivity index is 2.15. The summed E-state index contributed by atoms with van der Waals surface area (Å²) in [5, 5.41) is 17.9. The zero-order valence-electron chi connectivity index (χ0n) is 10.5. The molecule has 0 aliphatic heterocycles. The van der Waals surface area contributed by atoms with Crippen molar-refractivity contribution in [1.82, 2.24) is 0 Å². The van der Waals surface area contributed by atoms with Gasteiger partial charge in [0.1, 0.15) is 11.5 Å². The Kier molecular flexibility index (Phi) is 4.61. The van der Waals surface area contributed by atoms with Crippen LogP contribution in [0.25, 0.3) is 0 Å². The summed E-state index contributed by atoms with van der Waals surface area (Å²) in [6.07, 6.45) is 0.592. The molecule has 4 nitrogen and oxygen atoms in total. The number of carboxylic acids is 1. The Hall–Kier alpha value is -2.04. The first-order chi connectivity index (χ1) is 9.60. The number of aromatic carboxylic acids is 1. The van der Waals surface area contributed by atoms with E-state index in [0.717, 1.165) is 5.56 Å².